The van der Waals surface area contributed by atoms with Crippen LogP contribution in [0.1, 0.15) is 10.8 Å². The molecule has 0 amide bonds. The Balaban J connectivity index is 2.87. The summed E-state index contributed by atoms with van der Waals surface area (Å²) in [4.78, 5) is 11.1. The number of aliphatic hydroxyl groups is 2. The summed E-state index contributed by atoms with van der Waals surface area (Å²) in [7, 11) is -1.78. The van der Waals surface area contributed by atoms with Crippen molar-refractivity contribution in [2.75, 3.05) is 12.4 Å². The molecular weight excluding hydrogens is 244 g/mol. The van der Waals surface area contributed by atoms with Gasteiger partial charge in [-0.05, 0) is 5.56 Å². The maximum atomic E-state index is 11.8. The van der Waals surface area contributed by atoms with Gasteiger partial charge in [0.25, 0.3) is 0 Å². The van der Waals surface area contributed by atoms with E-state index in [1.165, 1.54) is 0 Å². The Bertz CT molecular complexity index is 392. The molecule has 3 unspecified atom stereocenters. The van der Waals surface area contributed by atoms with Crippen LogP contribution in [0.4, 0.5) is 0 Å². The van der Waals surface area contributed by atoms with Gasteiger partial charge in [0.05, 0.1) is 18.5 Å². The van der Waals surface area contributed by atoms with Crippen LogP contribution in [0, 0.1) is 0 Å². The molecule has 0 spiro atoms. The number of aliphatic carboxylic acids is 1. The average Bonchev–Trinajstić information content (AvgIpc) is 2.29. The Morgan fingerprint density at radius 1 is 1.29 bits per heavy atom. The number of carboxylic acids is 1. The van der Waals surface area contributed by atoms with Gasteiger partial charge in [-0.2, -0.15) is 0 Å². The summed E-state index contributed by atoms with van der Waals surface area (Å²) in [5.41, 5.74) is 0.420. The minimum Gasteiger partial charge on any atom is -0.480 e. The van der Waals surface area contributed by atoms with E-state index in [-0.39, 0.29) is 5.75 Å². The molecule has 0 bridgehead atoms. The number of hydrogen-bond acceptors (Lipinski definition) is 4. The highest BCUT2D eigenvalue weighted by molar-refractivity contribution is 7.86. The van der Waals surface area contributed by atoms with Gasteiger partial charge in [-0.3, -0.25) is 9.00 Å². The standard InChI is InChI=1S/C11H14O5S/c12-6-9(13)7-17(16)10(11(14)15)8-4-2-1-3-5-8/h1-5,9-10,12-13H,6-7H2,(H,14,15). The largest absolute Gasteiger partial charge is 0.480 e. The molecule has 94 valence electrons. The molecule has 0 aromatic heterocycles. The lowest BCUT2D eigenvalue weighted by Crippen LogP contribution is -2.27. The highest BCUT2D eigenvalue weighted by Gasteiger charge is 2.27. The second kappa shape index (κ2) is 6.48. The summed E-state index contributed by atoms with van der Waals surface area (Å²) < 4.78 is 11.8. The van der Waals surface area contributed by atoms with Crippen molar-refractivity contribution in [1.82, 2.24) is 0 Å². The van der Waals surface area contributed by atoms with Crippen LogP contribution in [0.2, 0.25) is 0 Å². The van der Waals surface area contributed by atoms with Crippen LogP contribution < -0.4 is 0 Å². The number of benzene rings is 1. The zero-order chi connectivity index (χ0) is 12.8. The number of carbonyl (C=O) groups is 1. The lowest BCUT2D eigenvalue weighted by molar-refractivity contribution is -0.136. The molecule has 1 rings (SSSR count). The number of aliphatic hydroxyl groups excluding tert-OH is 2. The van der Waals surface area contributed by atoms with Gasteiger partial charge in [0, 0.05) is 10.8 Å². The molecule has 6 heteroatoms. The fraction of sp³-hybridized carbons (Fsp3) is 0.364. The Labute approximate surface area is 101 Å². The number of hydrogen-bond donors (Lipinski definition) is 3. The summed E-state index contributed by atoms with van der Waals surface area (Å²) in [5.74, 6) is -1.47. The van der Waals surface area contributed by atoms with E-state index < -0.39 is 34.7 Å². The van der Waals surface area contributed by atoms with Gasteiger partial charge in [-0.1, -0.05) is 30.3 Å². The fourth-order valence-corrected chi connectivity index (χ4v) is 2.74. The Morgan fingerprint density at radius 3 is 2.35 bits per heavy atom. The van der Waals surface area contributed by atoms with Crippen LogP contribution in [0.5, 0.6) is 0 Å². The van der Waals surface area contributed by atoms with Gasteiger partial charge in [0.1, 0.15) is 0 Å². The third-order valence-corrected chi connectivity index (χ3v) is 3.87. The van der Waals surface area contributed by atoms with Gasteiger partial charge >= 0.3 is 5.97 Å². The highest BCUT2D eigenvalue weighted by atomic mass is 32.2. The van der Waals surface area contributed by atoms with Crippen molar-refractivity contribution in [1.29, 1.82) is 0 Å². The lowest BCUT2D eigenvalue weighted by Gasteiger charge is -2.14. The summed E-state index contributed by atoms with van der Waals surface area (Å²) in [6.45, 7) is -0.535. The maximum Gasteiger partial charge on any atom is 0.323 e. The van der Waals surface area contributed by atoms with E-state index in [2.05, 4.69) is 0 Å². The SMILES string of the molecule is O=C(O)C(c1ccccc1)S(=O)CC(O)CO. The van der Waals surface area contributed by atoms with Crippen LogP contribution >= 0.6 is 0 Å². The summed E-state index contributed by atoms with van der Waals surface area (Å²) in [6.07, 6.45) is -1.17. The van der Waals surface area contributed by atoms with E-state index in [4.69, 9.17) is 15.3 Å². The first-order valence-electron chi connectivity index (χ1n) is 5.00. The van der Waals surface area contributed by atoms with Gasteiger partial charge in [0.15, 0.2) is 5.25 Å². The van der Waals surface area contributed by atoms with Crippen molar-refractivity contribution in [3.05, 3.63) is 35.9 Å². The van der Waals surface area contributed by atoms with Crippen molar-refractivity contribution in [3.63, 3.8) is 0 Å². The Kier molecular flexibility index (Phi) is 5.27. The van der Waals surface area contributed by atoms with Gasteiger partial charge < -0.3 is 15.3 Å². The third kappa shape index (κ3) is 3.92. The van der Waals surface area contributed by atoms with E-state index in [1.807, 2.05) is 0 Å². The first-order valence-corrected chi connectivity index (χ1v) is 6.38. The van der Waals surface area contributed by atoms with E-state index in [1.54, 1.807) is 30.3 Å². The number of carboxylic acid groups (broad SMARTS) is 1. The normalized spacial score (nSPS) is 16.1. The molecule has 3 atom stereocenters. The average molecular weight is 258 g/mol. The maximum absolute atomic E-state index is 11.8. The minimum absolute atomic E-state index is 0.262. The summed E-state index contributed by atoms with van der Waals surface area (Å²) in [6, 6.07) is 8.19. The molecule has 0 saturated heterocycles. The van der Waals surface area contributed by atoms with Crippen molar-refractivity contribution >= 4 is 16.8 Å². The Hall–Kier alpha value is -1.24. The molecule has 5 nitrogen and oxygen atoms in total. The van der Waals surface area contributed by atoms with Crippen molar-refractivity contribution < 1.29 is 24.3 Å². The number of rotatable bonds is 6. The second-order valence-corrected chi connectivity index (χ2v) is 5.08. The molecule has 0 fully saturated rings. The quantitative estimate of drug-likeness (QED) is 0.663. The van der Waals surface area contributed by atoms with Gasteiger partial charge in [-0.15, -0.1) is 0 Å². The predicted octanol–water partition coefficient (Wildman–Crippen LogP) is -0.0858. The molecule has 0 aliphatic rings. The van der Waals surface area contributed by atoms with E-state index in [0.29, 0.717) is 5.56 Å². The monoisotopic (exact) mass is 258 g/mol. The predicted molar refractivity (Wildman–Crippen MR) is 62.9 cm³/mol. The zero-order valence-corrected chi connectivity index (χ0v) is 9.84. The van der Waals surface area contributed by atoms with Gasteiger partial charge in [0.2, 0.25) is 0 Å². The first kappa shape index (κ1) is 13.8. The van der Waals surface area contributed by atoms with Crippen LogP contribution in [0.15, 0.2) is 30.3 Å². The molecule has 1 aromatic carbocycles. The molecule has 17 heavy (non-hydrogen) atoms. The smallest absolute Gasteiger partial charge is 0.323 e. The zero-order valence-electron chi connectivity index (χ0n) is 9.02. The molecular formula is C11H14O5S. The summed E-state index contributed by atoms with van der Waals surface area (Å²) >= 11 is 0. The van der Waals surface area contributed by atoms with Crippen LogP contribution in [0.3, 0.4) is 0 Å². The summed E-state index contributed by atoms with van der Waals surface area (Å²) in [5, 5.41) is 25.7. The fourth-order valence-electron chi connectivity index (χ4n) is 1.37. The lowest BCUT2D eigenvalue weighted by atomic mass is 10.1. The van der Waals surface area contributed by atoms with E-state index in [0.717, 1.165) is 0 Å². The van der Waals surface area contributed by atoms with E-state index >= 15 is 0 Å². The van der Waals surface area contributed by atoms with Crippen molar-refractivity contribution in [2.24, 2.45) is 0 Å². The molecule has 3 N–H and O–H groups in total. The topological polar surface area (TPSA) is 94.8 Å². The van der Waals surface area contributed by atoms with Crippen LogP contribution in [-0.2, 0) is 15.6 Å². The first-order chi connectivity index (χ1) is 8.06. The third-order valence-electron chi connectivity index (χ3n) is 2.16. The molecule has 0 aliphatic heterocycles. The van der Waals surface area contributed by atoms with Crippen LogP contribution in [0.25, 0.3) is 0 Å². The van der Waals surface area contributed by atoms with Crippen molar-refractivity contribution in [2.45, 2.75) is 11.4 Å². The molecule has 0 radical (unpaired) electrons. The Morgan fingerprint density at radius 2 is 1.88 bits per heavy atom. The van der Waals surface area contributed by atoms with Crippen molar-refractivity contribution in [3.8, 4) is 0 Å². The van der Waals surface area contributed by atoms with Crippen LogP contribution in [-0.4, -0.2) is 44.0 Å². The molecule has 0 aliphatic carbocycles. The highest BCUT2D eigenvalue weighted by Crippen LogP contribution is 2.20. The molecule has 1 aromatic rings. The molecule has 0 saturated carbocycles. The van der Waals surface area contributed by atoms with E-state index in [9.17, 15) is 9.00 Å². The molecule has 0 heterocycles. The van der Waals surface area contributed by atoms with Gasteiger partial charge in [-0.25, -0.2) is 0 Å². The second-order valence-electron chi connectivity index (χ2n) is 3.51. The minimum atomic E-state index is -1.78.